The van der Waals surface area contributed by atoms with Crippen molar-refractivity contribution in [3.63, 3.8) is 0 Å². The number of rotatable bonds is 3. The van der Waals surface area contributed by atoms with Crippen molar-refractivity contribution in [3.8, 4) is 0 Å². The average molecular weight is 325 g/mol. The highest BCUT2D eigenvalue weighted by Crippen LogP contribution is 2.24. The molecule has 0 saturated carbocycles. The van der Waals surface area contributed by atoms with Gasteiger partial charge in [0.2, 0.25) is 0 Å². The van der Waals surface area contributed by atoms with Crippen LogP contribution in [-0.4, -0.2) is 14.8 Å². The smallest absolute Gasteiger partial charge is 0.152 e. The van der Waals surface area contributed by atoms with Crippen molar-refractivity contribution >= 4 is 21.6 Å². The molecule has 1 aromatic heterocycles. The Morgan fingerprint density at radius 3 is 3.11 bits per heavy atom. The van der Waals surface area contributed by atoms with Gasteiger partial charge in [0.15, 0.2) is 5.82 Å². The first kappa shape index (κ1) is 12.6. The molecule has 0 spiro atoms. The molecule has 2 aromatic rings. The molecule has 19 heavy (non-hydrogen) atoms. The molecular formula is C13H14BrFN4. The van der Waals surface area contributed by atoms with Crippen molar-refractivity contribution in [1.29, 1.82) is 0 Å². The van der Waals surface area contributed by atoms with E-state index in [0.717, 1.165) is 34.8 Å². The highest BCUT2D eigenvalue weighted by atomic mass is 79.9. The van der Waals surface area contributed by atoms with E-state index in [2.05, 4.69) is 36.0 Å². The maximum atomic E-state index is 13.2. The van der Waals surface area contributed by atoms with E-state index < -0.39 is 0 Å². The van der Waals surface area contributed by atoms with Gasteiger partial charge in [0.25, 0.3) is 0 Å². The van der Waals surface area contributed by atoms with Crippen LogP contribution in [0, 0.1) is 5.82 Å². The number of hydrogen-bond acceptors (Lipinski definition) is 3. The normalized spacial score (nSPS) is 14.2. The van der Waals surface area contributed by atoms with Crippen LogP contribution in [0.1, 0.15) is 24.5 Å². The van der Waals surface area contributed by atoms with Crippen LogP contribution in [0.5, 0.6) is 0 Å². The largest absolute Gasteiger partial charge is 0.377 e. The topological polar surface area (TPSA) is 42.7 Å². The van der Waals surface area contributed by atoms with E-state index in [0.29, 0.717) is 6.54 Å². The molecule has 2 heterocycles. The van der Waals surface area contributed by atoms with Crippen molar-refractivity contribution in [3.05, 3.63) is 40.1 Å². The minimum absolute atomic E-state index is 0.256. The zero-order valence-electron chi connectivity index (χ0n) is 10.4. The third kappa shape index (κ3) is 2.63. The molecule has 0 radical (unpaired) electrons. The van der Waals surface area contributed by atoms with Gasteiger partial charge in [-0.3, -0.25) is 0 Å². The first-order chi connectivity index (χ1) is 9.24. The highest BCUT2D eigenvalue weighted by molar-refractivity contribution is 9.10. The molecule has 4 nitrogen and oxygen atoms in total. The number of nitrogens with zero attached hydrogens (tertiary/aromatic N) is 3. The fourth-order valence-corrected chi connectivity index (χ4v) is 2.69. The summed E-state index contributed by atoms with van der Waals surface area (Å²) in [5.74, 6) is 1.71. The Balaban J connectivity index is 1.75. The quantitative estimate of drug-likeness (QED) is 0.943. The predicted octanol–water partition coefficient (Wildman–Crippen LogP) is 3.13. The molecule has 3 rings (SSSR count). The average Bonchev–Trinajstić information content (AvgIpc) is 2.83. The first-order valence-electron chi connectivity index (χ1n) is 6.34. The van der Waals surface area contributed by atoms with Gasteiger partial charge in [-0.25, -0.2) is 4.39 Å². The van der Waals surface area contributed by atoms with E-state index in [-0.39, 0.29) is 5.82 Å². The summed E-state index contributed by atoms with van der Waals surface area (Å²) >= 11 is 3.40. The zero-order chi connectivity index (χ0) is 13.2. The standard InChI is InChI=1S/C13H14BrFN4/c14-10-5-4-9(15)7-11(10)16-8-13-18-17-12-3-1-2-6-19(12)13/h4-5,7,16H,1-3,6,8H2. The lowest BCUT2D eigenvalue weighted by atomic mass is 10.2. The summed E-state index contributed by atoms with van der Waals surface area (Å²) in [6.07, 6.45) is 3.35. The molecule has 0 saturated heterocycles. The van der Waals surface area contributed by atoms with Crippen LogP contribution in [0.3, 0.4) is 0 Å². The van der Waals surface area contributed by atoms with Gasteiger partial charge in [-0.05, 0) is 47.0 Å². The Morgan fingerprint density at radius 1 is 1.32 bits per heavy atom. The number of hydrogen-bond donors (Lipinski definition) is 1. The second kappa shape index (κ2) is 5.28. The van der Waals surface area contributed by atoms with Crippen molar-refractivity contribution in [2.24, 2.45) is 0 Å². The Kier molecular flexibility index (Phi) is 3.50. The van der Waals surface area contributed by atoms with Gasteiger partial charge in [-0.15, -0.1) is 10.2 Å². The van der Waals surface area contributed by atoms with Gasteiger partial charge in [0, 0.05) is 17.4 Å². The maximum absolute atomic E-state index is 13.2. The first-order valence-corrected chi connectivity index (χ1v) is 7.13. The summed E-state index contributed by atoms with van der Waals surface area (Å²) < 4.78 is 16.2. The second-order valence-electron chi connectivity index (χ2n) is 4.62. The fraction of sp³-hybridized carbons (Fsp3) is 0.385. The van der Waals surface area contributed by atoms with Gasteiger partial charge >= 0.3 is 0 Å². The van der Waals surface area contributed by atoms with E-state index in [1.807, 2.05) is 0 Å². The lowest BCUT2D eigenvalue weighted by molar-refractivity contribution is 0.509. The van der Waals surface area contributed by atoms with E-state index >= 15 is 0 Å². The second-order valence-corrected chi connectivity index (χ2v) is 5.47. The third-order valence-electron chi connectivity index (χ3n) is 3.30. The summed E-state index contributed by atoms with van der Waals surface area (Å²) in [6.45, 7) is 1.53. The van der Waals surface area contributed by atoms with E-state index in [9.17, 15) is 4.39 Å². The van der Waals surface area contributed by atoms with Crippen LogP contribution in [0.15, 0.2) is 22.7 Å². The third-order valence-corrected chi connectivity index (χ3v) is 3.99. The summed E-state index contributed by atoms with van der Waals surface area (Å²) in [5.41, 5.74) is 0.730. The predicted molar refractivity (Wildman–Crippen MR) is 74.4 cm³/mol. The summed E-state index contributed by atoms with van der Waals surface area (Å²) in [5, 5.41) is 11.6. The summed E-state index contributed by atoms with van der Waals surface area (Å²) in [4.78, 5) is 0. The lowest BCUT2D eigenvalue weighted by Crippen LogP contribution is -2.15. The van der Waals surface area contributed by atoms with Crippen LogP contribution in [-0.2, 0) is 19.5 Å². The van der Waals surface area contributed by atoms with E-state index in [1.165, 1.54) is 25.0 Å². The number of halogens is 2. The summed E-state index contributed by atoms with van der Waals surface area (Å²) in [6, 6.07) is 4.59. The van der Waals surface area contributed by atoms with Crippen molar-refractivity contribution in [2.45, 2.75) is 32.4 Å². The molecule has 100 valence electrons. The van der Waals surface area contributed by atoms with Gasteiger partial charge in [-0.2, -0.15) is 0 Å². The SMILES string of the molecule is Fc1ccc(Br)c(NCc2nnc3n2CCCC3)c1. The van der Waals surface area contributed by atoms with Crippen LogP contribution in [0.25, 0.3) is 0 Å². The number of benzene rings is 1. The molecule has 0 fully saturated rings. The zero-order valence-corrected chi connectivity index (χ0v) is 12.0. The highest BCUT2D eigenvalue weighted by Gasteiger charge is 2.15. The van der Waals surface area contributed by atoms with Crippen molar-refractivity contribution in [1.82, 2.24) is 14.8 Å². The molecular weight excluding hydrogens is 311 g/mol. The van der Waals surface area contributed by atoms with Crippen molar-refractivity contribution in [2.75, 3.05) is 5.32 Å². The van der Waals surface area contributed by atoms with Crippen LogP contribution in [0.2, 0.25) is 0 Å². The molecule has 0 amide bonds. The van der Waals surface area contributed by atoms with Crippen LogP contribution in [0.4, 0.5) is 10.1 Å². The Morgan fingerprint density at radius 2 is 2.21 bits per heavy atom. The van der Waals surface area contributed by atoms with Gasteiger partial charge in [-0.1, -0.05) is 0 Å². The van der Waals surface area contributed by atoms with Crippen LogP contribution < -0.4 is 5.32 Å². The minimum atomic E-state index is -0.256. The van der Waals surface area contributed by atoms with Gasteiger partial charge < -0.3 is 9.88 Å². The van der Waals surface area contributed by atoms with Crippen LogP contribution >= 0.6 is 15.9 Å². The molecule has 1 N–H and O–H groups in total. The molecule has 0 unspecified atom stereocenters. The van der Waals surface area contributed by atoms with Gasteiger partial charge in [0.05, 0.1) is 12.2 Å². The summed E-state index contributed by atoms with van der Waals surface area (Å²) in [7, 11) is 0. The molecule has 0 bridgehead atoms. The molecule has 1 aliphatic rings. The van der Waals surface area contributed by atoms with Gasteiger partial charge in [0.1, 0.15) is 11.6 Å². The number of aryl methyl sites for hydroxylation is 1. The Bertz CT molecular complexity index is 596. The maximum Gasteiger partial charge on any atom is 0.152 e. The molecule has 1 aliphatic heterocycles. The van der Waals surface area contributed by atoms with Crippen molar-refractivity contribution < 1.29 is 4.39 Å². The Hall–Kier alpha value is -1.43. The Labute approximate surface area is 119 Å². The number of nitrogens with one attached hydrogen (secondary N) is 1. The number of anilines is 1. The molecule has 0 atom stereocenters. The number of aromatic nitrogens is 3. The lowest BCUT2D eigenvalue weighted by Gasteiger charge is -2.15. The van der Waals surface area contributed by atoms with E-state index in [1.54, 1.807) is 6.07 Å². The molecule has 6 heteroatoms. The molecule has 1 aromatic carbocycles. The number of fused-ring (bicyclic) bond motifs is 1. The monoisotopic (exact) mass is 324 g/mol. The minimum Gasteiger partial charge on any atom is -0.377 e. The van der Waals surface area contributed by atoms with E-state index in [4.69, 9.17) is 0 Å². The fourth-order valence-electron chi connectivity index (χ4n) is 2.31. The molecule has 0 aliphatic carbocycles.